The molecule has 34 heavy (non-hydrogen) atoms. The molecule has 3 heterocycles. The molecule has 0 saturated carbocycles. The van der Waals surface area contributed by atoms with Crippen molar-refractivity contribution in [1.82, 2.24) is 15.3 Å². The maximum Gasteiger partial charge on any atom is 0.224 e. The topological polar surface area (TPSA) is 70.5 Å². The summed E-state index contributed by atoms with van der Waals surface area (Å²) >= 11 is 6.10. The zero-order valence-corrected chi connectivity index (χ0v) is 20.0. The molecule has 0 radical (unpaired) electrons. The van der Waals surface area contributed by atoms with Gasteiger partial charge in [-0.15, -0.1) is 0 Å². The van der Waals surface area contributed by atoms with Gasteiger partial charge in [-0.2, -0.15) is 0 Å². The molecule has 7 heteroatoms. The zero-order chi connectivity index (χ0) is 23.3. The fourth-order valence-corrected chi connectivity index (χ4v) is 5.26. The van der Waals surface area contributed by atoms with Crippen molar-refractivity contribution in [3.05, 3.63) is 76.7 Å². The minimum Gasteiger partial charge on any atom is -0.508 e. The summed E-state index contributed by atoms with van der Waals surface area (Å²) < 4.78 is 6.02. The Morgan fingerprint density at radius 3 is 2.79 bits per heavy atom. The number of piperidine rings is 1. The first-order valence-corrected chi connectivity index (χ1v) is 12.6. The number of benzene rings is 2. The van der Waals surface area contributed by atoms with E-state index in [-0.39, 0.29) is 11.3 Å². The van der Waals surface area contributed by atoms with Gasteiger partial charge in [0.15, 0.2) is 0 Å². The van der Waals surface area contributed by atoms with E-state index in [0.29, 0.717) is 11.8 Å². The summed E-state index contributed by atoms with van der Waals surface area (Å²) in [6, 6.07) is 16.7. The van der Waals surface area contributed by atoms with Gasteiger partial charge in [0.2, 0.25) is 5.28 Å². The Morgan fingerprint density at radius 1 is 1.12 bits per heavy atom. The van der Waals surface area contributed by atoms with Crippen LogP contribution >= 0.6 is 11.6 Å². The first kappa shape index (κ1) is 22.9. The van der Waals surface area contributed by atoms with Crippen LogP contribution < -0.4 is 15.0 Å². The third-order valence-electron chi connectivity index (χ3n) is 6.89. The van der Waals surface area contributed by atoms with E-state index in [1.165, 1.54) is 36.0 Å². The van der Waals surface area contributed by atoms with Crippen LogP contribution in [0.4, 0.5) is 5.82 Å². The van der Waals surface area contributed by atoms with E-state index in [2.05, 4.69) is 44.5 Å². The lowest BCUT2D eigenvalue weighted by molar-refractivity contribution is 0.268. The molecule has 2 unspecified atom stereocenters. The lowest BCUT2D eigenvalue weighted by Crippen LogP contribution is -2.37. The number of nitrogens with zero attached hydrogens (tertiary/aromatic N) is 3. The molecule has 2 aliphatic heterocycles. The van der Waals surface area contributed by atoms with Crippen LogP contribution in [0.1, 0.15) is 48.4 Å². The highest BCUT2D eigenvalue weighted by Crippen LogP contribution is 2.37. The van der Waals surface area contributed by atoms with Gasteiger partial charge in [0.25, 0.3) is 0 Å². The van der Waals surface area contributed by atoms with Crippen LogP contribution in [0.2, 0.25) is 5.28 Å². The van der Waals surface area contributed by atoms with Crippen LogP contribution in [0.25, 0.3) is 0 Å². The predicted octanol–water partition coefficient (Wildman–Crippen LogP) is 5.09. The van der Waals surface area contributed by atoms with Gasteiger partial charge in [0.05, 0.1) is 12.6 Å². The van der Waals surface area contributed by atoms with Crippen molar-refractivity contribution in [3.63, 3.8) is 0 Å². The highest BCUT2D eigenvalue weighted by molar-refractivity contribution is 6.28. The second-order valence-electron chi connectivity index (χ2n) is 9.16. The summed E-state index contributed by atoms with van der Waals surface area (Å²) in [5.74, 6) is 2.04. The van der Waals surface area contributed by atoms with E-state index in [9.17, 15) is 5.11 Å². The van der Waals surface area contributed by atoms with Crippen LogP contribution in [-0.2, 0) is 12.8 Å². The monoisotopic (exact) mass is 478 g/mol. The molecule has 0 bridgehead atoms. The molecule has 0 aliphatic carbocycles. The molecule has 3 aromatic rings. The van der Waals surface area contributed by atoms with Gasteiger partial charge in [-0.05, 0) is 97.3 Å². The van der Waals surface area contributed by atoms with Crippen LogP contribution in [0, 0.1) is 0 Å². The third-order valence-corrected chi connectivity index (χ3v) is 7.07. The van der Waals surface area contributed by atoms with Crippen molar-refractivity contribution in [2.45, 2.75) is 50.6 Å². The van der Waals surface area contributed by atoms with Crippen molar-refractivity contribution >= 4 is 17.4 Å². The Labute approximate surface area is 206 Å². The number of hydrogen-bond donors (Lipinski definition) is 2. The van der Waals surface area contributed by atoms with E-state index in [0.717, 1.165) is 50.5 Å². The largest absolute Gasteiger partial charge is 0.508 e. The summed E-state index contributed by atoms with van der Waals surface area (Å²) in [5, 5.41) is 13.8. The first-order valence-electron chi connectivity index (χ1n) is 12.2. The number of nitrogens with one attached hydrogen (secondary N) is 1. The Bertz CT molecular complexity index is 1100. The number of aromatic nitrogens is 2. The normalized spacial score (nSPS) is 20.1. The minimum absolute atomic E-state index is 0.0828. The van der Waals surface area contributed by atoms with Crippen LogP contribution in [-0.4, -0.2) is 40.8 Å². The van der Waals surface area contributed by atoms with Gasteiger partial charge >= 0.3 is 0 Å². The Balaban J connectivity index is 1.30. The SMILES string of the molecule is Oc1ccc2c(c1)CCN(c1ccnc(Cl)n1)C2Cc1ccc(OCCC2CCCCN2)cc1. The second-order valence-corrected chi connectivity index (χ2v) is 9.50. The number of anilines is 1. The van der Waals surface area contributed by atoms with Crippen molar-refractivity contribution in [2.75, 3.05) is 24.6 Å². The Hall–Kier alpha value is -2.83. The van der Waals surface area contributed by atoms with Gasteiger partial charge in [-0.1, -0.05) is 24.6 Å². The molecule has 2 aromatic carbocycles. The van der Waals surface area contributed by atoms with Gasteiger partial charge in [0, 0.05) is 18.8 Å². The average molecular weight is 479 g/mol. The lowest BCUT2D eigenvalue weighted by atomic mass is 9.88. The number of fused-ring (bicyclic) bond motifs is 1. The number of halogens is 1. The molecule has 6 nitrogen and oxygen atoms in total. The Kier molecular flexibility index (Phi) is 7.16. The van der Waals surface area contributed by atoms with E-state index in [4.69, 9.17) is 16.3 Å². The van der Waals surface area contributed by atoms with Crippen LogP contribution in [0.3, 0.4) is 0 Å². The maximum atomic E-state index is 10.00. The quantitative estimate of drug-likeness (QED) is 0.461. The Morgan fingerprint density at radius 2 is 2.00 bits per heavy atom. The van der Waals surface area contributed by atoms with Gasteiger partial charge < -0.3 is 20.1 Å². The predicted molar refractivity (Wildman–Crippen MR) is 135 cm³/mol. The highest BCUT2D eigenvalue weighted by Gasteiger charge is 2.29. The third kappa shape index (κ3) is 5.45. The highest BCUT2D eigenvalue weighted by atomic mass is 35.5. The second kappa shape index (κ2) is 10.6. The molecule has 2 N–H and O–H groups in total. The van der Waals surface area contributed by atoms with Gasteiger partial charge in [-0.3, -0.25) is 0 Å². The summed E-state index contributed by atoms with van der Waals surface area (Å²) in [5.41, 5.74) is 3.61. The van der Waals surface area contributed by atoms with Crippen molar-refractivity contribution in [3.8, 4) is 11.5 Å². The smallest absolute Gasteiger partial charge is 0.224 e. The van der Waals surface area contributed by atoms with Gasteiger partial charge in [0.1, 0.15) is 17.3 Å². The standard InChI is InChI=1S/C27H31ClN4O2/c28-27-30-14-10-26(31-27)32-15-11-20-18-22(33)6-9-24(20)25(32)17-19-4-7-23(8-5-19)34-16-12-21-3-1-2-13-29-21/h4-10,14,18,21,25,29,33H,1-3,11-13,15-17H2. The van der Waals surface area contributed by atoms with Crippen molar-refractivity contribution in [2.24, 2.45) is 0 Å². The van der Waals surface area contributed by atoms with E-state index in [1.807, 2.05) is 18.2 Å². The van der Waals surface area contributed by atoms with Gasteiger partial charge in [-0.25, -0.2) is 9.97 Å². The average Bonchev–Trinajstić information content (AvgIpc) is 2.86. The summed E-state index contributed by atoms with van der Waals surface area (Å²) in [7, 11) is 0. The molecular formula is C27H31ClN4O2. The van der Waals surface area contributed by atoms with Crippen molar-refractivity contribution in [1.29, 1.82) is 0 Å². The zero-order valence-electron chi connectivity index (χ0n) is 19.3. The number of phenolic OH excluding ortho intramolecular Hbond substituents is 1. The lowest BCUT2D eigenvalue weighted by Gasteiger charge is -2.38. The van der Waals surface area contributed by atoms with E-state index >= 15 is 0 Å². The van der Waals surface area contributed by atoms with Crippen molar-refractivity contribution < 1.29 is 9.84 Å². The van der Waals surface area contributed by atoms with E-state index < -0.39 is 0 Å². The fourth-order valence-electron chi connectivity index (χ4n) is 5.11. The molecule has 178 valence electrons. The molecule has 1 fully saturated rings. The summed E-state index contributed by atoms with van der Waals surface area (Å²) in [6.45, 7) is 2.66. The van der Waals surface area contributed by atoms with E-state index in [1.54, 1.807) is 12.3 Å². The number of ether oxygens (including phenoxy) is 1. The number of rotatable bonds is 7. The number of hydrogen-bond acceptors (Lipinski definition) is 6. The molecule has 2 atom stereocenters. The summed E-state index contributed by atoms with van der Waals surface area (Å²) in [6.07, 6.45) is 8.24. The molecule has 0 spiro atoms. The molecule has 5 rings (SSSR count). The molecule has 0 amide bonds. The molecule has 1 aromatic heterocycles. The molecule has 2 aliphatic rings. The fraction of sp³-hybridized carbons (Fsp3) is 0.407. The van der Waals surface area contributed by atoms with Crippen LogP contribution in [0.15, 0.2) is 54.7 Å². The number of aromatic hydroxyl groups is 1. The summed E-state index contributed by atoms with van der Waals surface area (Å²) in [4.78, 5) is 10.8. The molecule has 1 saturated heterocycles. The molecular weight excluding hydrogens is 448 g/mol. The first-order chi connectivity index (χ1) is 16.7. The maximum absolute atomic E-state index is 10.00. The minimum atomic E-state index is 0.0828. The van der Waals surface area contributed by atoms with Crippen LogP contribution in [0.5, 0.6) is 11.5 Å². The number of phenols is 1.